The molecule has 0 aliphatic heterocycles. The van der Waals surface area contributed by atoms with Crippen LogP contribution in [0.4, 0.5) is 0 Å². The molecule has 0 N–H and O–H groups in total. The van der Waals surface area contributed by atoms with Gasteiger partial charge in [0.2, 0.25) is 0 Å². The third kappa shape index (κ3) is 6.73. The van der Waals surface area contributed by atoms with E-state index in [9.17, 15) is 4.79 Å². The Bertz CT molecular complexity index is 387. The van der Waals surface area contributed by atoms with Crippen LogP contribution in [0.2, 0.25) is 0 Å². The lowest BCUT2D eigenvalue weighted by molar-refractivity contribution is -0.155. The summed E-state index contributed by atoms with van der Waals surface area (Å²) in [4.78, 5) is 19.4. The van der Waals surface area contributed by atoms with Crippen LogP contribution in [-0.4, -0.2) is 28.1 Å². The highest BCUT2D eigenvalue weighted by Gasteiger charge is 2.15. The van der Waals surface area contributed by atoms with E-state index in [4.69, 9.17) is 9.47 Å². The van der Waals surface area contributed by atoms with Gasteiger partial charge in [-0.25, -0.2) is 9.97 Å². The molecule has 1 aromatic rings. The number of rotatable bonds is 5. The van der Waals surface area contributed by atoms with Crippen molar-refractivity contribution in [3.05, 3.63) is 16.0 Å². The third-order valence-corrected chi connectivity index (χ3v) is 2.33. The molecule has 0 unspecified atom stereocenters. The van der Waals surface area contributed by atoms with E-state index >= 15 is 0 Å². The van der Waals surface area contributed by atoms with Crippen molar-refractivity contribution in [1.82, 2.24) is 9.97 Å². The minimum Gasteiger partial charge on any atom is -0.463 e. The first kappa shape index (κ1) is 15.1. The smallest absolute Gasteiger partial charge is 0.316 e. The lowest BCUT2D eigenvalue weighted by Gasteiger charge is -2.19. The summed E-state index contributed by atoms with van der Waals surface area (Å²) in [5.74, 6) is -0.213. The highest BCUT2D eigenvalue weighted by Crippen LogP contribution is 2.09. The molecule has 0 amide bonds. The fourth-order valence-corrected chi connectivity index (χ4v) is 1.43. The molecular formula is C12H17IN2O3. The summed E-state index contributed by atoms with van der Waals surface area (Å²) in [6, 6.07) is 0.333. The van der Waals surface area contributed by atoms with Crippen molar-refractivity contribution in [2.45, 2.75) is 39.2 Å². The van der Waals surface area contributed by atoms with E-state index in [0.717, 1.165) is 3.57 Å². The lowest BCUT2D eigenvalue weighted by atomic mass is 10.2. The number of carbonyl (C=O) groups excluding carboxylic acids is 1. The van der Waals surface area contributed by atoms with Gasteiger partial charge in [-0.05, 0) is 49.8 Å². The Morgan fingerprint density at radius 2 is 1.94 bits per heavy atom. The molecule has 0 fully saturated rings. The summed E-state index contributed by atoms with van der Waals surface area (Å²) in [5, 5.41) is 0. The van der Waals surface area contributed by atoms with Crippen LogP contribution < -0.4 is 4.74 Å². The Balaban J connectivity index is 2.19. The van der Waals surface area contributed by atoms with E-state index in [0.29, 0.717) is 25.5 Å². The lowest BCUT2D eigenvalue weighted by Crippen LogP contribution is -2.24. The Morgan fingerprint density at radius 1 is 1.33 bits per heavy atom. The van der Waals surface area contributed by atoms with Gasteiger partial charge in [0.05, 0.1) is 6.61 Å². The first-order valence-corrected chi connectivity index (χ1v) is 6.77. The van der Waals surface area contributed by atoms with Crippen molar-refractivity contribution < 1.29 is 14.3 Å². The molecular weight excluding hydrogens is 347 g/mol. The van der Waals surface area contributed by atoms with Gasteiger partial charge in [0.25, 0.3) is 0 Å². The number of hydrogen-bond acceptors (Lipinski definition) is 5. The predicted octanol–water partition coefficient (Wildman–Crippen LogP) is 2.58. The SMILES string of the molecule is CC(C)(C)OC(=O)CCCOc1ncc(I)cn1. The molecule has 18 heavy (non-hydrogen) atoms. The largest absolute Gasteiger partial charge is 0.463 e. The second-order valence-electron chi connectivity index (χ2n) is 4.72. The zero-order valence-corrected chi connectivity index (χ0v) is 12.9. The first-order chi connectivity index (χ1) is 8.37. The van der Waals surface area contributed by atoms with Crippen molar-refractivity contribution in [3.8, 4) is 6.01 Å². The van der Waals surface area contributed by atoms with Crippen LogP contribution in [-0.2, 0) is 9.53 Å². The molecule has 100 valence electrons. The van der Waals surface area contributed by atoms with E-state index in [-0.39, 0.29) is 5.97 Å². The van der Waals surface area contributed by atoms with Crippen LogP contribution in [0.1, 0.15) is 33.6 Å². The Labute approximate surface area is 120 Å². The second kappa shape index (κ2) is 6.86. The average Bonchev–Trinajstić information content (AvgIpc) is 2.24. The molecule has 0 aromatic carbocycles. The highest BCUT2D eigenvalue weighted by atomic mass is 127. The molecule has 0 aliphatic carbocycles. The summed E-state index contributed by atoms with van der Waals surface area (Å²) in [6.07, 6.45) is 4.28. The molecule has 6 heteroatoms. The molecule has 5 nitrogen and oxygen atoms in total. The minimum absolute atomic E-state index is 0.213. The fraction of sp³-hybridized carbons (Fsp3) is 0.583. The third-order valence-electron chi connectivity index (χ3n) is 1.77. The van der Waals surface area contributed by atoms with Crippen LogP contribution in [0.25, 0.3) is 0 Å². The van der Waals surface area contributed by atoms with Gasteiger partial charge < -0.3 is 9.47 Å². The molecule has 0 bridgehead atoms. The second-order valence-corrected chi connectivity index (χ2v) is 5.97. The zero-order chi connectivity index (χ0) is 13.6. The summed E-state index contributed by atoms with van der Waals surface area (Å²) in [6.45, 7) is 5.95. The zero-order valence-electron chi connectivity index (χ0n) is 10.8. The minimum atomic E-state index is -0.433. The van der Waals surface area contributed by atoms with Gasteiger partial charge in [0.1, 0.15) is 5.60 Å². The van der Waals surface area contributed by atoms with Crippen LogP contribution in [0.3, 0.4) is 0 Å². The van der Waals surface area contributed by atoms with E-state index < -0.39 is 5.60 Å². The van der Waals surface area contributed by atoms with Crippen LogP contribution in [0.15, 0.2) is 12.4 Å². The van der Waals surface area contributed by atoms with Crippen molar-refractivity contribution in [3.63, 3.8) is 0 Å². The summed E-state index contributed by atoms with van der Waals surface area (Å²) in [5.41, 5.74) is -0.433. The van der Waals surface area contributed by atoms with Crippen LogP contribution in [0.5, 0.6) is 6.01 Å². The number of aromatic nitrogens is 2. The molecule has 0 spiro atoms. The van der Waals surface area contributed by atoms with E-state index in [1.165, 1.54) is 0 Å². The maximum Gasteiger partial charge on any atom is 0.316 e. The standard InChI is InChI=1S/C12H17IN2O3/c1-12(2,3)18-10(16)5-4-6-17-11-14-7-9(13)8-15-11/h7-8H,4-6H2,1-3H3. The summed E-state index contributed by atoms with van der Waals surface area (Å²) in [7, 11) is 0. The topological polar surface area (TPSA) is 61.3 Å². The molecule has 0 radical (unpaired) electrons. The molecule has 1 aromatic heterocycles. The molecule has 1 rings (SSSR count). The van der Waals surface area contributed by atoms with E-state index in [1.54, 1.807) is 12.4 Å². The number of halogens is 1. The maximum absolute atomic E-state index is 11.4. The van der Waals surface area contributed by atoms with Crippen molar-refractivity contribution >= 4 is 28.6 Å². The number of nitrogens with zero attached hydrogens (tertiary/aromatic N) is 2. The molecule has 1 heterocycles. The Hall–Kier alpha value is -0.920. The van der Waals surface area contributed by atoms with E-state index in [1.807, 2.05) is 20.8 Å². The van der Waals surface area contributed by atoms with Gasteiger partial charge in [0.15, 0.2) is 0 Å². The van der Waals surface area contributed by atoms with Gasteiger partial charge in [0, 0.05) is 22.4 Å². The average molecular weight is 364 g/mol. The van der Waals surface area contributed by atoms with E-state index in [2.05, 4.69) is 32.6 Å². The van der Waals surface area contributed by atoms with Gasteiger partial charge in [-0.1, -0.05) is 0 Å². The fourth-order valence-electron chi connectivity index (χ4n) is 1.15. The predicted molar refractivity (Wildman–Crippen MR) is 75.3 cm³/mol. The van der Waals surface area contributed by atoms with Crippen molar-refractivity contribution in [2.24, 2.45) is 0 Å². The van der Waals surface area contributed by atoms with Gasteiger partial charge in [-0.3, -0.25) is 4.79 Å². The number of carbonyl (C=O) groups is 1. The Kier molecular flexibility index (Phi) is 5.77. The summed E-state index contributed by atoms with van der Waals surface area (Å²) < 4.78 is 11.4. The van der Waals surface area contributed by atoms with Crippen molar-refractivity contribution in [2.75, 3.05) is 6.61 Å². The quantitative estimate of drug-likeness (QED) is 0.457. The molecule has 0 aliphatic rings. The molecule has 0 atom stereocenters. The Morgan fingerprint density at radius 3 is 2.50 bits per heavy atom. The normalized spacial score (nSPS) is 11.1. The number of esters is 1. The number of ether oxygens (including phenoxy) is 2. The van der Waals surface area contributed by atoms with Gasteiger partial charge in [-0.15, -0.1) is 0 Å². The monoisotopic (exact) mass is 364 g/mol. The maximum atomic E-state index is 11.4. The van der Waals surface area contributed by atoms with Crippen LogP contribution in [0, 0.1) is 3.57 Å². The van der Waals surface area contributed by atoms with Crippen LogP contribution >= 0.6 is 22.6 Å². The van der Waals surface area contributed by atoms with Crippen molar-refractivity contribution in [1.29, 1.82) is 0 Å². The number of hydrogen-bond donors (Lipinski definition) is 0. The van der Waals surface area contributed by atoms with Gasteiger partial charge >= 0.3 is 12.0 Å². The highest BCUT2D eigenvalue weighted by molar-refractivity contribution is 14.1. The molecule has 0 saturated carbocycles. The van der Waals surface area contributed by atoms with Gasteiger partial charge in [-0.2, -0.15) is 0 Å². The first-order valence-electron chi connectivity index (χ1n) is 5.69. The summed E-state index contributed by atoms with van der Waals surface area (Å²) >= 11 is 2.12. The molecule has 0 saturated heterocycles.